The van der Waals surface area contributed by atoms with E-state index in [0.717, 1.165) is 0 Å². The van der Waals surface area contributed by atoms with Crippen LogP contribution in [0, 0.1) is 0 Å². The SMILES string of the molecule is CCN(C(=O)NCC(CC(=O)O)OC)C(C)COC. The molecule has 0 saturated carbocycles. The Morgan fingerprint density at radius 2 is 2.00 bits per heavy atom. The lowest BCUT2D eigenvalue weighted by Crippen LogP contribution is -2.48. The Labute approximate surface area is 113 Å². The van der Waals surface area contributed by atoms with Crippen molar-refractivity contribution in [1.29, 1.82) is 0 Å². The number of nitrogens with one attached hydrogen (secondary N) is 1. The lowest BCUT2D eigenvalue weighted by molar-refractivity contribution is -0.139. The van der Waals surface area contributed by atoms with Crippen LogP contribution in [0.4, 0.5) is 4.79 Å². The first-order chi connectivity index (χ1) is 8.96. The lowest BCUT2D eigenvalue weighted by atomic mass is 10.2. The van der Waals surface area contributed by atoms with Crippen molar-refractivity contribution in [3.8, 4) is 0 Å². The van der Waals surface area contributed by atoms with Gasteiger partial charge in [-0.05, 0) is 13.8 Å². The van der Waals surface area contributed by atoms with Crippen LogP contribution in [-0.4, -0.2) is 68.1 Å². The number of ether oxygens (including phenoxy) is 2. The number of hydrogen-bond donors (Lipinski definition) is 2. The molecule has 0 heterocycles. The maximum absolute atomic E-state index is 12.0. The van der Waals surface area contributed by atoms with Gasteiger partial charge < -0.3 is 24.8 Å². The van der Waals surface area contributed by atoms with Gasteiger partial charge in [-0.15, -0.1) is 0 Å². The third-order valence-corrected chi connectivity index (χ3v) is 2.76. The Bertz CT molecular complexity index is 285. The largest absolute Gasteiger partial charge is 0.481 e. The third-order valence-electron chi connectivity index (χ3n) is 2.76. The second kappa shape index (κ2) is 9.57. The summed E-state index contributed by atoms with van der Waals surface area (Å²) in [4.78, 5) is 24.2. The van der Waals surface area contributed by atoms with E-state index < -0.39 is 12.1 Å². The summed E-state index contributed by atoms with van der Waals surface area (Å²) < 4.78 is 10.0. The van der Waals surface area contributed by atoms with Crippen molar-refractivity contribution in [1.82, 2.24) is 10.2 Å². The maximum atomic E-state index is 12.0. The number of amides is 2. The Balaban J connectivity index is 4.28. The highest BCUT2D eigenvalue weighted by Crippen LogP contribution is 2.01. The highest BCUT2D eigenvalue weighted by Gasteiger charge is 2.20. The van der Waals surface area contributed by atoms with Gasteiger partial charge in [0.2, 0.25) is 0 Å². The highest BCUT2D eigenvalue weighted by molar-refractivity contribution is 5.74. The molecule has 0 radical (unpaired) electrons. The van der Waals surface area contributed by atoms with E-state index in [1.165, 1.54) is 7.11 Å². The number of hydrogen-bond acceptors (Lipinski definition) is 4. The number of carboxylic acid groups (broad SMARTS) is 1. The average Bonchev–Trinajstić information content (AvgIpc) is 2.35. The van der Waals surface area contributed by atoms with E-state index in [4.69, 9.17) is 14.6 Å². The number of urea groups is 1. The van der Waals surface area contributed by atoms with Crippen molar-refractivity contribution in [2.24, 2.45) is 0 Å². The van der Waals surface area contributed by atoms with Gasteiger partial charge in [0.1, 0.15) is 0 Å². The molecule has 7 nitrogen and oxygen atoms in total. The smallest absolute Gasteiger partial charge is 0.317 e. The maximum Gasteiger partial charge on any atom is 0.317 e. The first-order valence-corrected chi connectivity index (χ1v) is 6.24. The summed E-state index contributed by atoms with van der Waals surface area (Å²) in [6.07, 6.45) is -0.672. The molecule has 0 aliphatic heterocycles. The molecular weight excluding hydrogens is 252 g/mol. The van der Waals surface area contributed by atoms with Crippen LogP contribution in [0.2, 0.25) is 0 Å². The van der Waals surface area contributed by atoms with Gasteiger partial charge in [-0.25, -0.2) is 4.79 Å². The lowest BCUT2D eigenvalue weighted by Gasteiger charge is -2.28. The van der Waals surface area contributed by atoms with Gasteiger partial charge in [0.15, 0.2) is 0 Å². The first kappa shape index (κ1) is 17.7. The van der Waals surface area contributed by atoms with E-state index in [1.54, 1.807) is 12.0 Å². The van der Waals surface area contributed by atoms with Crippen molar-refractivity contribution in [3.05, 3.63) is 0 Å². The third kappa shape index (κ3) is 6.97. The number of carbonyl (C=O) groups is 2. The molecule has 2 atom stereocenters. The van der Waals surface area contributed by atoms with Crippen LogP contribution in [-0.2, 0) is 14.3 Å². The number of rotatable bonds is 9. The molecular formula is C12H24N2O5. The quantitative estimate of drug-likeness (QED) is 0.642. The fourth-order valence-electron chi connectivity index (χ4n) is 1.72. The zero-order valence-corrected chi connectivity index (χ0v) is 12.0. The van der Waals surface area contributed by atoms with Gasteiger partial charge >= 0.3 is 12.0 Å². The molecule has 2 N–H and O–H groups in total. The first-order valence-electron chi connectivity index (χ1n) is 6.24. The van der Waals surface area contributed by atoms with Gasteiger partial charge in [-0.1, -0.05) is 0 Å². The number of carboxylic acids is 1. The number of likely N-dealkylation sites (N-methyl/N-ethyl adjacent to an activating group) is 1. The Morgan fingerprint density at radius 3 is 2.42 bits per heavy atom. The van der Waals surface area contributed by atoms with E-state index in [1.807, 2.05) is 13.8 Å². The minimum absolute atomic E-state index is 0.0459. The molecule has 0 aromatic carbocycles. The van der Waals surface area contributed by atoms with Crippen LogP contribution in [0.25, 0.3) is 0 Å². The predicted octanol–water partition coefficient (Wildman–Crippen LogP) is 0.543. The van der Waals surface area contributed by atoms with Crippen molar-refractivity contribution < 1.29 is 24.2 Å². The number of methoxy groups -OCH3 is 2. The standard InChI is InChI=1S/C12H24N2O5/c1-5-14(9(2)8-18-3)12(17)13-7-10(19-4)6-11(15)16/h9-10H,5-8H2,1-4H3,(H,13,17)(H,15,16). The molecule has 7 heteroatoms. The van der Waals surface area contributed by atoms with E-state index in [9.17, 15) is 9.59 Å². The van der Waals surface area contributed by atoms with Gasteiger partial charge in [-0.3, -0.25) is 4.79 Å². The van der Waals surface area contributed by atoms with E-state index in [0.29, 0.717) is 13.2 Å². The van der Waals surface area contributed by atoms with Crippen LogP contribution in [0.15, 0.2) is 0 Å². The number of carbonyl (C=O) groups excluding carboxylic acids is 1. The number of aliphatic carboxylic acids is 1. The van der Waals surface area contributed by atoms with E-state index in [-0.39, 0.29) is 25.0 Å². The summed E-state index contributed by atoms with van der Waals surface area (Å²) >= 11 is 0. The van der Waals surface area contributed by atoms with Crippen molar-refractivity contribution >= 4 is 12.0 Å². The summed E-state index contributed by atoms with van der Waals surface area (Å²) in [6.45, 7) is 4.92. The Morgan fingerprint density at radius 1 is 1.37 bits per heavy atom. The fraction of sp³-hybridized carbons (Fsp3) is 0.833. The molecule has 0 aromatic heterocycles. The molecule has 0 aliphatic carbocycles. The molecule has 0 fully saturated rings. The van der Waals surface area contributed by atoms with Gasteiger partial charge in [0.05, 0.1) is 25.2 Å². The summed E-state index contributed by atoms with van der Waals surface area (Å²) in [6, 6.07) is -0.296. The van der Waals surface area contributed by atoms with Gasteiger partial charge in [0, 0.05) is 27.3 Å². The van der Waals surface area contributed by atoms with Crippen LogP contribution in [0.3, 0.4) is 0 Å². The molecule has 2 amide bonds. The Kier molecular flexibility index (Phi) is 8.90. The van der Waals surface area contributed by atoms with Crippen molar-refractivity contribution in [2.75, 3.05) is 33.9 Å². The van der Waals surface area contributed by atoms with Crippen LogP contribution in [0.1, 0.15) is 20.3 Å². The summed E-state index contributed by atoms with van der Waals surface area (Å²) in [5.74, 6) is -0.957. The van der Waals surface area contributed by atoms with Gasteiger partial charge in [0.25, 0.3) is 0 Å². The monoisotopic (exact) mass is 276 g/mol. The predicted molar refractivity (Wildman–Crippen MR) is 70.2 cm³/mol. The molecule has 0 spiro atoms. The molecule has 0 bridgehead atoms. The molecule has 0 rings (SSSR count). The minimum atomic E-state index is -0.957. The van der Waals surface area contributed by atoms with Crippen molar-refractivity contribution in [2.45, 2.75) is 32.4 Å². The summed E-state index contributed by atoms with van der Waals surface area (Å²) in [5, 5.41) is 11.3. The molecule has 0 aromatic rings. The summed E-state index contributed by atoms with van der Waals surface area (Å²) in [7, 11) is 3.00. The van der Waals surface area contributed by atoms with E-state index in [2.05, 4.69) is 5.32 Å². The zero-order valence-electron chi connectivity index (χ0n) is 12.0. The minimum Gasteiger partial charge on any atom is -0.481 e. The van der Waals surface area contributed by atoms with Crippen LogP contribution in [0.5, 0.6) is 0 Å². The summed E-state index contributed by atoms with van der Waals surface area (Å²) in [5.41, 5.74) is 0. The van der Waals surface area contributed by atoms with Crippen molar-refractivity contribution in [3.63, 3.8) is 0 Å². The van der Waals surface area contributed by atoms with E-state index >= 15 is 0 Å². The normalized spacial score (nSPS) is 13.7. The Hall–Kier alpha value is -1.34. The number of nitrogens with zero attached hydrogens (tertiary/aromatic N) is 1. The highest BCUT2D eigenvalue weighted by atomic mass is 16.5. The fourth-order valence-corrected chi connectivity index (χ4v) is 1.72. The molecule has 112 valence electrons. The van der Waals surface area contributed by atoms with Crippen LogP contribution < -0.4 is 5.32 Å². The zero-order chi connectivity index (χ0) is 14.8. The second-order valence-corrected chi connectivity index (χ2v) is 4.23. The molecule has 2 unspecified atom stereocenters. The molecule has 19 heavy (non-hydrogen) atoms. The molecule has 0 saturated heterocycles. The van der Waals surface area contributed by atoms with Gasteiger partial charge in [-0.2, -0.15) is 0 Å². The molecule has 0 aliphatic rings. The second-order valence-electron chi connectivity index (χ2n) is 4.23. The topological polar surface area (TPSA) is 88.1 Å². The average molecular weight is 276 g/mol. The van der Waals surface area contributed by atoms with Crippen LogP contribution >= 0.6 is 0 Å².